The van der Waals surface area contributed by atoms with E-state index < -0.39 is 0 Å². The third-order valence-electron chi connectivity index (χ3n) is 5.46. The highest BCUT2D eigenvalue weighted by Crippen LogP contribution is 2.23. The van der Waals surface area contributed by atoms with Crippen LogP contribution >= 0.6 is 0 Å². The fourth-order valence-electron chi connectivity index (χ4n) is 3.55. The minimum Gasteiger partial charge on any atom is -0.376 e. The zero-order chi connectivity index (χ0) is 20.7. The van der Waals surface area contributed by atoms with Gasteiger partial charge in [0.05, 0.1) is 29.0 Å². The number of ether oxygens (including phenoxy) is 1. The van der Waals surface area contributed by atoms with Crippen LogP contribution in [0.25, 0.3) is 33.1 Å². The van der Waals surface area contributed by atoms with E-state index in [-0.39, 0.29) is 17.6 Å². The summed E-state index contributed by atoms with van der Waals surface area (Å²) in [6, 6.07) is 12.8. The van der Waals surface area contributed by atoms with E-state index in [4.69, 9.17) is 9.72 Å². The molecule has 1 saturated heterocycles. The smallest absolute Gasteiger partial charge is 0.258 e. The Morgan fingerprint density at radius 2 is 2.07 bits per heavy atom. The standard InChI is InChI=1S/C23H20N4O3/c1-27-8-6-14-10-15(2-4-18(14)23(27)29)21-13-24-19-5-3-16(11-20(19)26-21)22(28)25-12-17-7-9-30-17/h2-6,8,10-11,13,17H,7,9,12H2,1H3,(H,25,28)/t17-/m1/s1. The Labute approximate surface area is 172 Å². The Hall–Kier alpha value is -3.58. The van der Waals surface area contributed by atoms with Gasteiger partial charge in [0.1, 0.15) is 0 Å². The minimum atomic E-state index is -0.152. The van der Waals surface area contributed by atoms with Gasteiger partial charge in [-0.15, -0.1) is 0 Å². The van der Waals surface area contributed by atoms with Crippen LogP contribution in [0.5, 0.6) is 0 Å². The van der Waals surface area contributed by atoms with Gasteiger partial charge in [-0.05, 0) is 48.2 Å². The van der Waals surface area contributed by atoms with E-state index in [9.17, 15) is 9.59 Å². The Balaban J connectivity index is 1.47. The average Bonchev–Trinajstić information content (AvgIpc) is 2.74. The zero-order valence-corrected chi connectivity index (χ0v) is 16.5. The molecule has 1 aliphatic rings. The number of hydrogen-bond acceptors (Lipinski definition) is 5. The van der Waals surface area contributed by atoms with Gasteiger partial charge in [0.2, 0.25) is 0 Å². The molecule has 0 bridgehead atoms. The number of amides is 1. The van der Waals surface area contributed by atoms with Crippen molar-refractivity contribution in [3.8, 4) is 11.3 Å². The lowest BCUT2D eigenvalue weighted by molar-refractivity contribution is -0.0472. The number of nitrogens with zero attached hydrogens (tertiary/aromatic N) is 3. The number of aryl methyl sites for hydroxylation is 1. The molecule has 150 valence electrons. The zero-order valence-electron chi connectivity index (χ0n) is 16.5. The quantitative estimate of drug-likeness (QED) is 0.569. The van der Waals surface area contributed by atoms with Gasteiger partial charge in [-0.3, -0.25) is 14.6 Å². The van der Waals surface area contributed by atoms with Gasteiger partial charge in [0.25, 0.3) is 11.5 Å². The number of pyridine rings is 1. The van der Waals surface area contributed by atoms with Crippen LogP contribution in [0.15, 0.2) is 59.7 Å². The predicted octanol–water partition coefficient (Wildman–Crippen LogP) is 2.67. The molecule has 1 fully saturated rings. The molecule has 1 amide bonds. The maximum atomic E-state index is 12.4. The number of rotatable bonds is 4. The molecule has 30 heavy (non-hydrogen) atoms. The normalized spacial score (nSPS) is 15.8. The molecule has 1 aliphatic heterocycles. The molecule has 0 unspecified atom stereocenters. The molecular formula is C23H20N4O3. The summed E-state index contributed by atoms with van der Waals surface area (Å²) in [7, 11) is 1.73. The molecule has 2 aromatic carbocycles. The molecule has 0 saturated carbocycles. The van der Waals surface area contributed by atoms with Crippen LogP contribution in [0, 0.1) is 0 Å². The van der Waals surface area contributed by atoms with Crippen molar-refractivity contribution in [1.29, 1.82) is 0 Å². The van der Waals surface area contributed by atoms with Crippen molar-refractivity contribution in [3.63, 3.8) is 0 Å². The van der Waals surface area contributed by atoms with Crippen molar-refractivity contribution in [2.75, 3.05) is 13.2 Å². The fraction of sp³-hybridized carbons (Fsp3) is 0.217. The van der Waals surface area contributed by atoms with E-state index in [0.29, 0.717) is 34.2 Å². The van der Waals surface area contributed by atoms with Crippen LogP contribution in [-0.4, -0.2) is 39.7 Å². The highest BCUT2D eigenvalue weighted by molar-refractivity contribution is 5.97. The fourth-order valence-corrected chi connectivity index (χ4v) is 3.55. The van der Waals surface area contributed by atoms with Crippen molar-refractivity contribution in [1.82, 2.24) is 19.9 Å². The third kappa shape index (κ3) is 3.33. The monoisotopic (exact) mass is 400 g/mol. The largest absolute Gasteiger partial charge is 0.376 e. The molecule has 1 atom stereocenters. The summed E-state index contributed by atoms with van der Waals surface area (Å²) in [6.45, 7) is 1.28. The second-order valence-corrected chi connectivity index (χ2v) is 7.48. The van der Waals surface area contributed by atoms with E-state index in [2.05, 4.69) is 10.3 Å². The van der Waals surface area contributed by atoms with Crippen LogP contribution in [0.4, 0.5) is 0 Å². The number of benzene rings is 2. The summed E-state index contributed by atoms with van der Waals surface area (Å²) < 4.78 is 6.90. The Morgan fingerprint density at radius 1 is 1.20 bits per heavy atom. The van der Waals surface area contributed by atoms with Crippen molar-refractivity contribution in [2.45, 2.75) is 12.5 Å². The van der Waals surface area contributed by atoms with Crippen molar-refractivity contribution >= 4 is 27.7 Å². The number of aromatic nitrogens is 3. The molecule has 0 aliphatic carbocycles. The topological polar surface area (TPSA) is 86.1 Å². The molecular weight excluding hydrogens is 380 g/mol. The molecule has 0 spiro atoms. The van der Waals surface area contributed by atoms with Gasteiger partial charge in [-0.1, -0.05) is 6.07 Å². The van der Waals surface area contributed by atoms with Crippen LogP contribution in [0.3, 0.4) is 0 Å². The lowest BCUT2D eigenvalue weighted by Gasteiger charge is -2.26. The number of nitrogens with one attached hydrogen (secondary N) is 1. The summed E-state index contributed by atoms with van der Waals surface area (Å²) >= 11 is 0. The molecule has 7 heteroatoms. The SMILES string of the molecule is Cn1ccc2cc(-c3cnc4ccc(C(=O)NC[C@H]5CCO5)cc4n3)ccc2c1=O. The van der Waals surface area contributed by atoms with Crippen LogP contribution in [0.1, 0.15) is 16.8 Å². The van der Waals surface area contributed by atoms with Crippen molar-refractivity contribution in [2.24, 2.45) is 7.05 Å². The summed E-state index contributed by atoms with van der Waals surface area (Å²) in [4.78, 5) is 33.9. The Bertz CT molecular complexity index is 1340. The highest BCUT2D eigenvalue weighted by atomic mass is 16.5. The molecule has 0 radical (unpaired) electrons. The van der Waals surface area contributed by atoms with E-state index >= 15 is 0 Å². The second-order valence-electron chi connectivity index (χ2n) is 7.48. The lowest BCUT2D eigenvalue weighted by atomic mass is 10.1. The first-order chi connectivity index (χ1) is 14.6. The van der Waals surface area contributed by atoms with Crippen LogP contribution in [0.2, 0.25) is 0 Å². The first-order valence-corrected chi connectivity index (χ1v) is 9.85. The maximum Gasteiger partial charge on any atom is 0.258 e. The average molecular weight is 400 g/mol. The first-order valence-electron chi connectivity index (χ1n) is 9.85. The van der Waals surface area contributed by atoms with E-state index in [1.807, 2.05) is 24.3 Å². The van der Waals surface area contributed by atoms with Gasteiger partial charge < -0.3 is 14.6 Å². The van der Waals surface area contributed by atoms with Gasteiger partial charge in [0, 0.05) is 42.9 Å². The molecule has 5 rings (SSSR count). The van der Waals surface area contributed by atoms with Crippen molar-refractivity contribution < 1.29 is 9.53 Å². The Kier molecular flexibility index (Phi) is 4.52. The molecule has 1 N–H and O–H groups in total. The van der Waals surface area contributed by atoms with E-state index in [1.165, 1.54) is 0 Å². The van der Waals surface area contributed by atoms with E-state index in [1.54, 1.807) is 42.2 Å². The number of carbonyl (C=O) groups is 1. The van der Waals surface area contributed by atoms with Crippen LogP contribution < -0.4 is 10.9 Å². The molecule has 2 aromatic heterocycles. The summed E-state index contributed by atoms with van der Waals surface area (Å²) in [6.07, 6.45) is 4.55. The van der Waals surface area contributed by atoms with Gasteiger partial charge in [0.15, 0.2) is 0 Å². The minimum absolute atomic E-state index is 0.0356. The summed E-state index contributed by atoms with van der Waals surface area (Å²) in [5, 5.41) is 4.41. The number of fused-ring (bicyclic) bond motifs is 2. The van der Waals surface area contributed by atoms with Crippen molar-refractivity contribution in [3.05, 3.63) is 70.8 Å². The Morgan fingerprint density at radius 3 is 2.87 bits per heavy atom. The first kappa shape index (κ1) is 18.4. The highest BCUT2D eigenvalue weighted by Gasteiger charge is 2.19. The third-order valence-corrected chi connectivity index (χ3v) is 5.46. The van der Waals surface area contributed by atoms with Gasteiger partial charge in [-0.25, -0.2) is 4.98 Å². The van der Waals surface area contributed by atoms with Gasteiger partial charge >= 0.3 is 0 Å². The molecule has 3 heterocycles. The lowest BCUT2D eigenvalue weighted by Crippen LogP contribution is -2.39. The number of hydrogen-bond donors (Lipinski definition) is 1. The summed E-state index contributed by atoms with van der Waals surface area (Å²) in [5.41, 5.74) is 3.41. The van der Waals surface area contributed by atoms with Gasteiger partial charge in [-0.2, -0.15) is 0 Å². The second kappa shape index (κ2) is 7.35. The summed E-state index contributed by atoms with van der Waals surface area (Å²) in [5.74, 6) is -0.152. The van der Waals surface area contributed by atoms with Crippen LogP contribution in [-0.2, 0) is 11.8 Å². The number of carbonyl (C=O) groups excluding carboxylic acids is 1. The van der Waals surface area contributed by atoms with E-state index in [0.717, 1.165) is 24.0 Å². The maximum absolute atomic E-state index is 12.4. The molecule has 7 nitrogen and oxygen atoms in total. The predicted molar refractivity (Wildman–Crippen MR) is 114 cm³/mol. The molecule has 4 aromatic rings.